The summed E-state index contributed by atoms with van der Waals surface area (Å²) >= 11 is 0. The molecule has 0 radical (unpaired) electrons. The topological polar surface area (TPSA) is 196 Å². The molecule has 2 saturated heterocycles. The quantitative estimate of drug-likeness (QED) is 0.113. The van der Waals surface area contributed by atoms with Crippen LogP contribution in [0.15, 0.2) is 0 Å². The maximum absolute atomic E-state index is 12.4. The number of carbonyl (C=O) groups excluding carboxylic acids is 1. The van der Waals surface area contributed by atoms with Crippen LogP contribution >= 0.6 is 0 Å². The summed E-state index contributed by atoms with van der Waals surface area (Å²) in [4.78, 5) is 12.4. The summed E-state index contributed by atoms with van der Waals surface area (Å²) in [5.41, 5.74) is 0. The van der Waals surface area contributed by atoms with Crippen LogP contribution in [0.1, 0.15) is 58.3 Å². The van der Waals surface area contributed by atoms with E-state index in [1.807, 2.05) is 0 Å². The molecule has 200 valence electrons. The molecule has 7 N–H and O–H groups in total. The minimum atomic E-state index is -2.28. The average Bonchev–Trinajstić information content (AvgIpc) is 2.83. The van der Waals surface area contributed by atoms with Crippen molar-refractivity contribution in [1.82, 2.24) is 0 Å². The number of carbonyl (C=O) groups is 1. The van der Waals surface area contributed by atoms with Crippen molar-refractivity contribution in [2.75, 3.05) is 19.8 Å². The number of aliphatic hydroxyl groups excluding tert-OH is 7. The number of hydrogen-bond acceptors (Lipinski definition) is 12. The molecule has 2 aliphatic heterocycles. The Kier molecular flexibility index (Phi) is 12.0. The van der Waals surface area contributed by atoms with Gasteiger partial charge in [0, 0.05) is 6.42 Å². The summed E-state index contributed by atoms with van der Waals surface area (Å²) in [6.45, 7) is -0.0690. The van der Waals surface area contributed by atoms with Gasteiger partial charge in [0.1, 0.15) is 43.2 Å². The van der Waals surface area contributed by atoms with Gasteiger partial charge in [0.25, 0.3) is 0 Å². The van der Waals surface area contributed by atoms with Crippen molar-refractivity contribution < 1.29 is 59.5 Å². The van der Waals surface area contributed by atoms with E-state index in [4.69, 9.17) is 18.9 Å². The van der Waals surface area contributed by atoms with Crippen molar-refractivity contribution in [3.8, 4) is 0 Å². The molecular formula is C22H40O12. The number of ether oxygens (including phenoxy) is 4. The zero-order valence-electron chi connectivity index (χ0n) is 19.6. The fourth-order valence-corrected chi connectivity index (χ4v) is 4.07. The molecule has 2 unspecified atom stereocenters. The van der Waals surface area contributed by atoms with Gasteiger partial charge < -0.3 is 54.7 Å². The molecule has 12 heteroatoms. The van der Waals surface area contributed by atoms with Crippen molar-refractivity contribution in [3.05, 3.63) is 0 Å². The maximum atomic E-state index is 12.4. The van der Waals surface area contributed by atoms with Crippen molar-refractivity contribution in [1.29, 1.82) is 0 Å². The van der Waals surface area contributed by atoms with Gasteiger partial charge in [-0.1, -0.05) is 45.4 Å². The third-order valence-corrected chi connectivity index (χ3v) is 6.28. The Morgan fingerprint density at radius 2 is 1.59 bits per heavy atom. The molecule has 2 aliphatic rings. The first kappa shape index (κ1) is 29.3. The predicted molar refractivity (Wildman–Crippen MR) is 115 cm³/mol. The first-order valence-electron chi connectivity index (χ1n) is 12.0. The highest BCUT2D eigenvalue weighted by atomic mass is 16.8. The maximum Gasteiger partial charge on any atom is 0.306 e. The minimum absolute atomic E-state index is 0.0540. The lowest BCUT2D eigenvalue weighted by Gasteiger charge is -2.48. The van der Waals surface area contributed by atoms with Gasteiger partial charge in [-0.15, -0.1) is 0 Å². The smallest absolute Gasteiger partial charge is 0.306 e. The Bertz CT molecular complexity index is 606. The Morgan fingerprint density at radius 1 is 0.941 bits per heavy atom. The van der Waals surface area contributed by atoms with Crippen LogP contribution in [0, 0.1) is 0 Å². The SMILES string of the molecule is CCCCCCCCCC(=O)O[C@H]1C(OC2(CO)OC[C@@H](O)[C@@H](O)[C@@H]2O)O[C@H](CO)[C@@H](O)[C@@H]1O. The summed E-state index contributed by atoms with van der Waals surface area (Å²) in [7, 11) is 0. The summed E-state index contributed by atoms with van der Waals surface area (Å²) in [6.07, 6.45) is -6.08. The summed E-state index contributed by atoms with van der Waals surface area (Å²) < 4.78 is 21.6. The summed E-state index contributed by atoms with van der Waals surface area (Å²) in [5, 5.41) is 70.2. The molecule has 2 heterocycles. The van der Waals surface area contributed by atoms with Gasteiger partial charge in [-0.25, -0.2) is 0 Å². The number of rotatable bonds is 13. The van der Waals surface area contributed by atoms with Crippen molar-refractivity contribution in [2.24, 2.45) is 0 Å². The lowest BCUT2D eigenvalue weighted by Crippen LogP contribution is -2.68. The molecule has 0 aliphatic carbocycles. The van der Waals surface area contributed by atoms with E-state index in [1.165, 1.54) is 6.42 Å². The molecule has 0 aromatic heterocycles. The van der Waals surface area contributed by atoms with E-state index >= 15 is 0 Å². The molecular weight excluding hydrogens is 456 g/mol. The average molecular weight is 497 g/mol. The Hall–Kier alpha value is -0.930. The molecule has 34 heavy (non-hydrogen) atoms. The number of unbranched alkanes of at least 4 members (excludes halogenated alkanes) is 6. The molecule has 2 fully saturated rings. The van der Waals surface area contributed by atoms with Gasteiger partial charge in [0.05, 0.1) is 13.2 Å². The van der Waals surface area contributed by atoms with E-state index in [-0.39, 0.29) is 6.42 Å². The highest BCUT2D eigenvalue weighted by Crippen LogP contribution is 2.33. The van der Waals surface area contributed by atoms with E-state index < -0.39 is 80.6 Å². The standard InChI is InChI=1S/C22H40O12/c1-2-3-4-5-6-7-8-9-15(26)33-19-18(29)17(28)14(10-23)32-21(19)34-22(12-24)20(30)16(27)13(25)11-31-22/h13-14,16-21,23-25,27-30H,2-12H2,1H3/t13-,14-,16-,17-,18+,19-,20+,21?,22?/m1/s1. The monoisotopic (exact) mass is 496 g/mol. The minimum Gasteiger partial charge on any atom is -0.454 e. The number of aliphatic hydroxyl groups is 7. The van der Waals surface area contributed by atoms with Crippen LogP contribution in [-0.4, -0.2) is 116 Å². The van der Waals surface area contributed by atoms with Crippen molar-refractivity contribution >= 4 is 5.97 Å². The van der Waals surface area contributed by atoms with Gasteiger partial charge in [-0.3, -0.25) is 4.79 Å². The second-order valence-electron chi connectivity index (χ2n) is 8.93. The van der Waals surface area contributed by atoms with E-state index in [0.29, 0.717) is 6.42 Å². The number of esters is 1. The zero-order valence-corrected chi connectivity index (χ0v) is 19.6. The molecule has 0 bridgehead atoms. The Morgan fingerprint density at radius 3 is 2.21 bits per heavy atom. The molecule has 0 aromatic carbocycles. The fourth-order valence-electron chi connectivity index (χ4n) is 4.07. The Balaban J connectivity index is 2.04. The van der Waals surface area contributed by atoms with Crippen LogP contribution in [0.5, 0.6) is 0 Å². The lowest BCUT2D eigenvalue weighted by molar-refractivity contribution is -0.415. The fraction of sp³-hybridized carbons (Fsp3) is 0.955. The van der Waals surface area contributed by atoms with Gasteiger partial charge in [0.2, 0.25) is 12.1 Å². The van der Waals surface area contributed by atoms with Crippen LogP contribution in [0.4, 0.5) is 0 Å². The highest BCUT2D eigenvalue weighted by Gasteiger charge is 2.56. The number of hydrogen-bond donors (Lipinski definition) is 7. The molecule has 12 nitrogen and oxygen atoms in total. The van der Waals surface area contributed by atoms with Gasteiger partial charge in [-0.2, -0.15) is 0 Å². The van der Waals surface area contributed by atoms with Crippen LogP contribution in [0.25, 0.3) is 0 Å². The molecule has 0 spiro atoms. The zero-order chi connectivity index (χ0) is 25.3. The first-order chi connectivity index (χ1) is 16.2. The van der Waals surface area contributed by atoms with E-state index in [0.717, 1.165) is 32.1 Å². The Labute approximate surface area is 199 Å². The first-order valence-corrected chi connectivity index (χ1v) is 12.0. The molecule has 2 rings (SSSR count). The third kappa shape index (κ3) is 7.29. The highest BCUT2D eigenvalue weighted by molar-refractivity contribution is 5.69. The van der Waals surface area contributed by atoms with Crippen LogP contribution in [0.3, 0.4) is 0 Å². The second-order valence-corrected chi connectivity index (χ2v) is 8.93. The van der Waals surface area contributed by atoms with Crippen LogP contribution in [0.2, 0.25) is 0 Å². The van der Waals surface area contributed by atoms with Gasteiger partial charge in [-0.05, 0) is 6.42 Å². The van der Waals surface area contributed by atoms with Crippen molar-refractivity contribution in [3.63, 3.8) is 0 Å². The molecule has 0 aromatic rings. The summed E-state index contributed by atoms with van der Waals surface area (Å²) in [5.74, 6) is -2.96. The van der Waals surface area contributed by atoms with Gasteiger partial charge in [0.15, 0.2) is 6.10 Å². The van der Waals surface area contributed by atoms with Crippen molar-refractivity contribution in [2.45, 2.75) is 113 Å². The summed E-state index contributed by atoms with van der Waals surface area (Å²) in [6, 6.07) is 0. The van der Waals surface area contributed by atoms with E-state index in [9.17, 15) is 40.5 Å². The van der Waals surface area contributed by atoms with Crippen LogP contribution < -0.4 is 0 Å². The second kappa shape index (κ2) is 14.0. The normalized spacial score (nSPS) is 38.6. The molecule has 9 atom stereocenters. The van der Waals surface area contributed by atoms with E-state index in [1.54, 1.807) is 0 Å². The van der Waals surface area contributed by atoms with Crippen LogP contribution in [-0.2, 0) is 23.7 Å². The van der Waals surface area contributed by atoms with Gasteiger partial charge >= 0.3 is 5.97 Å². The molecule has 0 amide bonds. The lowest BCUT2D eigenvalue weighted by atomic mass is 9.96. The predicted octanol–water partition coefficient (Wildman–Crippen LogP) is -1.70. The third-order valence-electron chi connectivity index (χ3n) is 6.28. The largest absolute Gasteiger partial charge is 0.454 e. The molecule has 0 saturated carbocycles. The van der Waals surface area contributed by atoms with E-state index in [2.05, 4.69) is 6.92 Å².